The molecule has 19 heteroatoms. The maximum atomic E-state index is 14.0. The topological polar surface area (TPSA) is 91.4 Å². The van der Waals surface area contributed by atoms with Gasteiger partial charge in [0.05, 0.1) is 0 Å². The molecule has 0 unspecified atom stereocenters. The highest BCUT2D eigenvalue weighted by Gasteiger charge is 2.90. The number of fused-ring (bicyclic) bond motifs is 1. The number of amides is 1. The van der Waals surface area contributed by atoms with Gasteiger partial charge in [-0.25, -0.2) is 9.59 Å². The number of halogens is 13. The Labute approximate surface area is 249 Å². The molecule has 2 aromatic carbocycles. The first-order chi connectivity index (χ1) is 21.0. The summed E-state index contributed by atoms with van der Waals surface area (Å²) in [5.41, 5.74) is 1.07. The van der Waals surface area contributed by atoms with Gasteiger partial charge in [-0.1, -0.05) is 42.5 Å². The smallest absolute Gasteiger partial charge is 0.460 e. The Bertz CT molecular complexity index is 1540. The molecule has 46 heavy (non-hydrogen) atoms. The largest absolute Gasteiger partial charge is 0.480 e. The first-order valence-electron chi connectivity index (χ1n) is 12.7. The zero-order valence-corrected chi connectivity index (χ0v) is 22.7. The van der Waals surface area contributed by atoms with Crippen LogP contribution < -0.4 is 5.32 Å². The van der Waals surface area contributed by atoms with E-state index in [4.69, 9.17) is 4.74 Å². The fourth-order valence-electron chi connectivity index (χ4n) is 4.12. The number of ether oxygens (including phenoxy) is 1. The normalized spacial score (nSPS) is 14.3. The zero-order chi connectivity index (χ0) is 34.9. The summed E-state index contributed by atoms with van der Waals surface area (Å²) in [5, 5.41) is 12.3. The number of H-pyrrole nitrogens is 1. The van der Waals surface area contributed by atoms with E-state index in [0.717, 1.165) is 29.8 Å². The van der Waals surface area contributed by atoms with Crippen LogP contribution in [-0.4, -0.2) is 64.0 Å². The Hall–Kier alpha value is -4.19. The van der Waals surface area contributed by atoms with Gasteiger partial charge in [-0.2, -0.15) is 57.1 Å². The van der Waals surface area contributed by atoms with Crippen molar-refractivity contribution in [1.82, 2.24) is 10.3 Å². The lowest BCUT2D eigenvalue weighted by Crippen LogP contribution is -2.70. The van der Waals surface area contributed by atoms with Crippen LogP contribution in [0.2, 0.25) is 0 Å². The molecule has 6 nitrogen and oxygen atoms in total. The van der Waals surface area contributed by atoms with E-state index in [1.54, 1.807) is 30.5 Å². The Morgan fingerprint density at radius 2 is 1.30 bits per heavy atom. The number of benzene rings is 2. The molecule has 254 valence electrons. The molecular formula is C27H21F13N2O4. The van der Waals surface area contributed by atoms with E-state index >= 15 is 0 Å². The molecule has 0 aliphatic heterocycles. The Balaban J connectivity index is 1.60. The lowest BCUT2D eigenvalue weighted by Gasteiger charge is -2.39. The van der Waals surface area contributed by atoms with E-state index < -0.39 is 73.3 Å². The van der Waals surface area contributed by atoms with E-state index in [2.05, 4.69) is 10.3 Å². The van der Waals surface area contributed by atoms with Crippen molar-refractivity contribution in [2.45, 2.75) is 67.7 Å². The minimum atomic E-state index is -7.96. The number of carboxylic acids is 1. The number of aliphatic carboxylic acids is 1. The summed E-state index contributed by atoms with van der Waals surface area (Å²) >= 11 is 0. The maximum absolute atomic E-state index is 14.0. The van der Waals surface area contributed by atoms with Crippen molar-refractivity contribution in [1.29, 1.82) is 0 Å². The van der Waals surface area contributed by atoms with Gasteiger partial charge in [-0.15, -0.1) is 0 Å². The standard InChI is InChI=1S/C27H21F13N2O4/c28-22(29,23(30,31)24(32,33)25(34,35)26(36,37)27(38,39)40)10-9-14-5-7-15(8-6-14)13-46-21(45)42-19(20(43)44)11-16-12-41-18-4-2-1-3-17(16)18/h1-8,12,19,41H,9-11,13H2,(H,42,45)(H,43,44)/t19-/m1/s1. The molecule has 1 amide bonds. The van der Waals surface area contributed by atoms with Crippen molar-refractivity contribution in [3.8, 4) is 0 Å². The molecule has 0 fully saturated rings. The molecule has 1 aromatic heterocycles. The molecule has 0 aliphatic rings. The number of carboxylic acid groups (broad SMARTS) is 1. The minimum Gasteiger partial charge on any atom is -0.480 e. The van der Waals surface area contributed by atoms with Crippen molar-refractivity contribution in [2.24, 2.45) is 0 Å². The predicted octanol–water partition coefficient (Wildman–Crippen LogP) is 7.76. The molecule has 3 N–H and O–H groups in total. The number of alkyl carbamates (subject to hydrolysis) is 1. The van der Waals surface area contributed by atoms with Crippen LogP contribution in [0.1, 0.15) is 23.1 Å². The second-order valence-electron chi connectivity index (χ2n) is 9.99. The second-order valence-corrected chi connectivity index (χ2v) is 9.99. The molecule has 3 aromatic rings. The molecule has 1 atom stereocenters. The third-order valence-corrected chi connectivity index (χ3v) is 6.81. The van der Waals surface area contributed by atoms with Crippen LogP contribution in [0.15, 0.2) is 54.7 Å². The summed E-state index contributed by atoms with van der Waals surface area (Å²) in [4.78, 5) is 26.8. The molecule has 0 saturated heterocycles. The summed E-state index contributed by atoms with van der Waals surface area (Å²) in [6.07, 6.45) is -10.9. The fourth-order valence-corrected chi connectivity index (χ4v) is 4.12. The summed E-state index contributed by atoms with van der Waals surface area (Å²) in [7, 11) is 0. The van der Waals surface area contributed by atoms with Crippen molar-refractivity contribution >= 4 is 23.0 Å². The molecule has 0 bridgehead atoms. The molecule has 0 aliphatic carbocycles. The number of alkyl halides is 13. The van der Waals surface area contributed by atoms with Crippen molar-refractivity contribution < 1.29 is 76.5 Å². The number of nitrogens with one attached hydrogen (secondary N) is 2. The number of aromatic amines is 1. The molecule has 1 heterocycles. The second kappa shape index (κ2) is 12.5. The van der Waals surface area contributed by atoms with Crippen LogP contribution in [0.3, 0.4) is 0 Å². The SMILES string of the molecule is O=C(N[C@H](Cc1c[nH]c2ccccc12)C(=O)O)OCc1ccc(CCC(F)(F)C(F)(F)C(F)(F)C(F)(F)C(F)(F)C(F)(F)F)cc1. The lowest BCUT2D eigenvalue weighted by molar-refractivity contribution is -0.440. The summed E-state index contributed by atoms with van der Waals surface area (Å²) < 4.78 is 177. The maximum Gasteiger partial charge on any atom is 0.460 e. The van der Waals surface area contributed by atoms with Gasteiger partial charge in [-0.05, 0) is 29.2 Å². The van der Waals surface area contributed by atoms with Crippen molar-refractivity contribution in [3.63, 3.8) is 0 Å². The average molecular weight is 684 g/mol. The van der Waals surface area contributed by atoms with Crippen LogP contribution in [0.4, 0.5) is 61.9 Å². The van der Waals surface area contributed by atoms with Gasteiger partial charge in [0.15, 0.2) is 0 Å². The first kappa shape index (κ1) is 36.3. The van der Waals surface area contributed by atoms with Gasteiger partial charge in [0, 0.05) is 29.9 Å². The van der Waals surface area contributed by atoms with Gasteiger partial charge in [0.25, 0.3) is 0 Å². The van der Waals surface area contributed by atoms with Gasteiger partial charge >= 0.3 is 47.9 Å². The van der Waals surface area contributed by atoms with Gasteiger partial charge in [0.1, 0.15) is 12.6 Å². The number of hydrogen-bond acceptors (Lipinski definition) is 3. The Kier molecular flexibility index (Phi) is 9.89. The van der Waals surface area contributed by atoms with E-state index in [0.29, 0.717) is 10.9 Å². The number of rotatable bonds is 13. The van der Waals surface area contributed by atoms with Gasteiger partial charge in [-0.3, -0.25) is 0 Å². The van der Waals surface area contributed by atoms with Crippen LogP contribution in [-0.2, 0) is 29.0 Å². The number of hydrogen-bond donors (Lipinski definition) is 3. The predicted molar refractivity (Wildman–Crippen MR) is 132 cm³/mol. The third kappa shape index (κ3) is 6.81. The zero-order valence-electron chi connectivity index (χ0n) is 22.7. The number of para-hydroxylation sites is 1. The van der Waals surface area contributed by atoms with Crippen molar-refractivity contribution in [3.05, 3.63) is 71.4 Å². The monoisotopic (exact) mass is 684 g/mol. The van der Waals surface area contributed by atoms with E-state index in [1.807, 2.05) is 0 Å². The van der Waals surface area contributed by atoms with Crippen LogP contribution in [0.25, 0.3) is 10.9 Å². The van der Waals surface area contributed by atoms with E-state index in [9.17, 15) is 71.8 Å². The highest BCUT2D eigenvalue weighted by Crippen LogP contribution is 2.60. The molecule has 3 rings (SSSR count). The third-order valence-electron chi connectivity index (χ3n) is 6.81. The van der Waals surface area contributed by atoms with Gasteiger partial charge in [0.2, 0.25) is 0 Å². The highest BCUT2D eigenvalue weighted by atomic mass is 19.4. The lowest BCUT2D eigenvalue weighted by atomic mass is 9.91. The van der Waals surface area contributed by atoms with Crippen LogP contribution in [0.5, 0.6) is 0 Å². The fraction of sp³-hybridized carbons (Fsp3) is 0.407. The minimum absolute atomic E-state index is 0.111. The summed E-state index contributed by atoms with van der Waals surface area (Å²) in [5.74, 6) is -38.6. The number of carbonyl (C=O) groups is 2. The summed E-state index contributed by atoms with van der Waals surface area (Å²) in [6.45, 7) is -0.547. The van der Waals surface area contributed by atoms with Gasteiger partial charge < -0.3 is 20.1 Å². The highest BCUT2D eigenvalue weighted by molar-refractivity contribution is 5.85. The molecule has 0 saturated carbocycles. The quantitative estimate of drug-likeness (QED) is 0.161. The molecular weight excluding hydrogens is 663 g/mol. The number of carbonyl (C=O) groups excluding carboxylic acids is 1. The average Bonchev–Trinajstić information content (AvgIpc) is 3.37. The van der Waals surface area contributed by atoms with Crippen LogP contribution in [0, 0.1) is 0 Å². The van der Waals surface area contributed by atoms with E-state index in [1.165, 1.54) is 0 Å². The first-order valence-corrected chi connectivity index (χ1v) is 12.7. The summed E-state index contributed by atoms with van der Waals surface area (Å²) in [6, 6.07) is 9.47. The van der Waals surface area contributed by atoms with Crippen molar-refractivity contribution in [2.75, 3.05) is 0 Å². The number of aromatic nitrogens is 1. The molecule has 0 spiro atoms. The van der Waals surface area contributed by atoms with Crippen LogP contribution >= 0.6 is 0 Å². The molecule has 0 radical (unpaired) electrons. The number of aryl methyl sites for hydroxylation is 1. The Morgan fingerprint density at radius 1 is 0.761 bits per heavy atom. The van der Waals surface area contributed by atoms with E-state index in [-0.39, 0.29) is 17.5 Å². The Morgan fingerprint density at radius 3 is 1.87 bits per heavy atom.